The van der Waals surface area contributed by atoms with Crippen LogP contribution < -0.4 is 10.2 Å². The fourth-order valence-corrected chi connectivity index (χ4v) is 3.94. The molecule has 4 rings (SSSR count). The van der Waals surface area contributed by atoms with Gasteiger partial charge in [-0.1, -0.05) is 48.5 Å². The summed E-state index contributed by atoms with van der Waals surface area (Å²) >= 11 is 0. The Morgan fingerprint density at radius 1 is 0.935 bits per heavy atom. The number of carbonyl (C=O) groups is 2. The SMILES string of the molecule is CN(CCC(=O)O)c1ccc(NC(=O)OCC2c3ccccc3-c3ccccc32)cc1. The fraction of sp³-hybridized carbons (Fsp3) is 0.200. The van der Waals surface area contributed by atoms with Crippen molar-refractivity contribution in [3.63, 3.8) is 0 Å². The highest BCUT2D eigenvalue weighted by Crippen LogP contribution is 2.44. The molecule has 1 aliphatic rings. The van der Waals surface area contributed by atoms with Crippen molar-refractivity contribution >= 4 is 23.4 Å². The van der Waals surface area contributed by atoms with Gasteiger partial charge in [0, 0.05) is 30.9 Å². The molecule has 1 amide bonds. The predicted molar refractivity (Wildman–Crippen MR) is 121 cm³/mol. The van der Waals surface area contributed by atoms with Crippen LogP contribution in [0.3, 0.4) is 0 Å². The van der Waals surface area contributed by atoms with Gasteiger partial charge < -0.3 is 14.7 Å². The summed E-state index contributed by atoms with van der Waals surface area (Å²) in [4.78, 5) is 24.9. The van der Waals surface area contributed by atoms with Crippen LogP contribution in [0.5, 0.6) is 0 Å². The molecule has 0 atom stereocenters. The van der Waals surface area contributed by atoms with Gasteiger partial charge >= 0.3 is 12.1 Å². The highest BCUT2D eigenvalue weighted by Gasteiger charge is 2.28. The van der Waals surface area contributed by atoms with Crippen molar-refractivity contribution in [3.05, 3.63) is 83.9 Å². The van der Waals surface area contributed by atoms with Crippen molar-refractivity contribution in [2.45, 2.75) is 12.3 Å². The Hall–Kier alpha value is -3.80. The highest BCUT2D eigenvalue weighted by molar-refractivity contribution is 5.85. The summed E-state index contributed by atoms with van der Waals surface area (Å²) in [7, 11) is 1.83. The molecular weight excluding hydrogens is 392 g/mol. The second-order valence-electron chi connectivity index (χ2n) is 7.56. The molecular formula is C25H24N2O4. The average molecular weight is 416 g/mol. The Morgan fingerprint density at radius 2 is 1.52 bits per heavy atom. The van der Waals surface area contributed by atoms with Gasteiger partial charge in [-0.2, -0.15) is 0 Å². The molecule has 0 unspecified atom stereocenters. The second kappa shape index (κ2) is 8.92. The zero-order valence-corrected chi connectivity index (χ0v) is 17.2. The Bertz CT molecular complexity index is 1050. The summed E-state index contributed by atoms with van der Waals surface area (Å²) in [6.07, 6.45) is -0.440. The Morgan fingerprint density at radius 3 is 2.10 bits per heavy atom. The zero-order valence-electron chi connectivity index (χ0n) is 17.2. The molecule has 0 bridgehead atoms. The molecule has 31 heavy (non-hydrogen) atoms. The van der Waals surface area contributed by atoms with Crippen molar-refractivity contribution in [3.8, 4) is 11.1 Å². The first kappa shape index (κ1) is 20.5. The van der Waals surface area contributed by atoms with E-state index in [1.54, 1.807) is 12.1 Å². The van der Waals surface area contributed by atoms with Gasteiger partial charge in [-0.15, -0.1) is 0 Å². The fourth-order valence-electron chi connectivity index (χ4n) is 3.94. The van der Waals surface area contributed by atoms with E-state index in [-0.39, 0.29) is 18.9 Å². The van der Waals surface area contributed by atoms with Crippen LogP contribution in [0.4, 0.5) is 16.2 Å². The third-order valence-corrected chi connectivity index (χ3v) is 5.56. The molecule has 0 aromatic heterocycles. The molecule has 1 aliphatic carbocycles. The van der Waals surface area contributed by atoms with E-state index >= 15 is 0 Å². The maximum absolute atomic E-state index is 12.4. The van der Waals surface area contributed by atoms with Crippen LogP contribution >= 0.6 is 0 Å². The molecule has 0 saturated carbocycles. The van der Waals surface area contributed by atoms with Crippen LogP contribution in [-0.4, -0.2) is 37.4 Å². The maximum Gasteiger partial charge on any atom is 0.411 e. The monoisotopic (exact) mass is 416 g/mol. The lowest BCUT2D eigenvalue weighted by Crippen LogP contribution is -2.21. The quantitative estimate of drug-likeness (QED) is 0.569. The van der Waals surface area contributed by atoms with Crippen molar-refractivity contribution in [1.29, 1.82) is 0 Å². The molecule has 0 aliphatic heterocycles. The number of nitrogens with zero attached hydrogens (tertiary/aromatic N) is 1. The first-order chi connectivity index (χ1) is 15.0. The Kier molecular flexibility index (Phi) is 5.89. The molecule has 3 aromatic carbocycles. The second-order valence-corrected chi connectivity index (χ2v) is 7.56. The summed E-state index contributed by atoms with van der Waals surface area (Å²) < 4.78 is 5.56. The lowest BCUT2D eigenvalue weighted by atomic mass is 9.98. The number of rotatable bonds is 7. The summed E-state index contributed by atoms with van der Waals surface area (Å²) in [6, 6.07) is 23.6. The minimum Gasteiger partial charge on any atom is -0.481 e. The van der Waals surface area contributed by atoms with Crippen LogP contribution in [0.2, 0.25) is 0 Å². The number of benzene rings is 3. The molecule has 158 valence electrons. The molecule has 0 fully saturated rings. The molecule has 0 spiro atoms. The van der Waals surface area contributed by atoms with Gasteiger partial charge in [-0.25, -0.2) is 4.79 Å². The van der Waals surface area contributed by atoms with Crippen LogP contribution in [0.25, 0.3) is 11.1 Å². The Labute approximate surface area is 181 Å². The summed E-state index contributed by atoms with van der Waals surface area (Å²) in [6.45, 7) is 0.671. The van der Waals surface area contributed by atoms with E-state index in [9.17, 15) is 9.59 Å². The van der Waals surface area contributed by atoms with Crippen LogP contribution in [-0.2, 0) is 9.53 Å². The van der Waals surface area contributed by atoms with E-state index in [0.29, 0.717) is 12.2 Å². The van der Waals surface area contributed by atoms with Crippen molar-refractivity contribution in [2.24, 2.45) is 0 Å². The van der Waals surface area contributed by atoms with E-state index in [1.807, 2.05) is 48.3 Å². The third-order valence-electron chi connectivity index (χ3n) is 5.56. The minimum absolute atomic E-state index is 0.0170. The number of carbonyl (C=O) groups excluding carboxylic acids is 1. The van der Waals surface area contributed by atoms with Gasteiger partial charge in [-0.05, 0) is 46.5 Å². The molecule has 6 nitrogen and oxygen atoms in total. The van der Waals surface area contributed by atoms with Crippen molar-refractivity contribution in [2.75, 3.05) is 30.4 Å². The van der Waals surface area contributed by atoms with Gasteiger partial charge in [0.05, 0.1) is 6.42 Å². The lowest BCUT2D eigenvalue weighted by Gasteiger charge is -2.18. The van der Waals surface area contributed by atoms with E-state index in [2.05, 4.69) is 29.6 Å². The van der Waals surface area contributed by atoms with Gasteiger partial charge in [0.1, 0.15) is 6.61 Å². The molecule has 0 saturated heterocycles. The number of amides is 1. The highest BCUT2D eigenvalue weighted by atomic mass is 16.5. The number of hydrogen-bond donors (Lipinski definition) is 2. The number of hydrogen-bond acceptors (Lipinski definition) is 4. The molecule has 0 radical (unpaired) electrons. The van der Waals surface area contributed by atoms with E-state index in [4.69, 9.17) is 9.84 Å². The van der Waals surface area contributed by atoms with E-state index < -0.39 is 12.1 Å². The maximum atomic E-state index is 12.4. The van der Waals surface area contributed by atoms with Crippen molar-refractivity contribution in [1.82, 2.24) is 0 Å². The Balaban J connectivity index is 1.36. The smallest absolute Gasteiger partial charge is 0.411 e. The number of aliphatic carboxylic acids is 1. The zero-order chi connectivity index (χ0) is 21.8. The molecule has 2 N–H and O–H groups in total. The number of carboxylic acids is 1. The average Bonchev–Trinajstić information content (AvgIpc) is 3.10. The van der Waals surface area contributed by atoms with Crippen LogP contribution in [0, 0.1) is 0 Å². The molecule has 6 heteroatoms. The normalized spacial score (nSPS) is 12.0. The first-order valence-electron chi connectivity index (χ1n) is 10.2. The van der Waals surface area contributed by atoms with E-state index in [1.165, 1.54) is 22.3 Å². The number of fused-ring (bicyclic) bond motifs is 3. The summed E-state index contributed by atoms with van der Waals surface area (Å²) in [5.41, 5.74) is 6.21. The summed E-state index contributed by atoms with van der Waals surface area (Å²) in [5, 5.41) is 11.6. The molecule has 3 aromatic rings. The number of ether oxygens (including phenoxy) is 1. The van der Waals surface area contributed by atoms with Gasteiger partial charge in [0.2, 0.25) is 0 Å². The van der Waals surface area contributed by atoms with Crippen LogP contribution in [0.15, 0.2) is 72.8 Å². The summed E-state index contributed by atoms with van der Waals surface area (Å²) in [5.74, 6) is -0.816. The van der Waals surface area contributed by atoms with Gasteiger partial charge in [0.25, 0.3) is 0 Å². The standard InChI is InChI=1S/C25H24N2O4/c1-27(15-14-24(28)29)18-12-10-17(11-13-18)26-25(30)31-16-23-21-8-4-2-6-19(21)20-7-3-5-9-22(20)23/h2-13,23H,14-16H2,1H3,(H,26,30)(H,28,29). The van der Waals surface area contributed by atoms with E-state index in [0.717, 1.165) is 5.69 Å². The number of carboxylic acid groups (broad SMARTS) is 1. The molecule has 0 heterocycles. The largest absolute Gasteiger partial charge is 0.481 e. The van der Waals surface area contributed by atoms with Gasteiger partial charge in [0.15, 0.2) is 0 Å². The topological polar surface area (TPSA) is 78.9 Å². The lowest BCUT2D eigenvalue weighted by molar-refractivity contribution is -0.136. The van der Waals surface area contributed by atoms with Crippen molar-refractivity contribution < 1.29 is 19.4 Å². The number of nitrogens with one attached hydrogen (secondary N) is 1. The predicted octanol–water partition coefficient (Wildman–Crippen LogP) is 4.96. The number of anilines is 2. The third kappa shape index (κ3) is 4.53. The minimum atomic E-state index is -0.833. The first-order valence-corrected chi connectivity index (χ1v) is 10.2. The van der Waals surface area contributed by atoms with Gasteiger partial charge in [-0.3, -0.25) is 10.1 Å². The van der Waals surface area contributed by atoms with Crippen LogP contribution in [0.1, 0.15) is 23.5 Å².